The van der Waals surface area contributed by atoms with Gasteiger partial charge in [0.05, 0.1) is 0 Å². The zero-order valence-electron chi connectivity index (χ0n) is 7.70. The normalized spacial score (nSPS) is 12.1. The Morgan fingerprint density at radius 1 is 1.77 bits per heavy atom. The molecule has 3 N–H and O–H groups in total. The van der Waals surface area contributed by atoms with E-state index in [4.69, 9.17) is 5.73 Å². The first-order valence-corrected chi connectivity index (χ1v) is 4.18. The first-order chi connectivity index (χ1) is 6.22. The highest BCUT2D eigenvalue weighted by molar-refractivity contribution is 5.35. The highest BCUT2D eigenvalue weighted by Gasteiger charge is 2.01. The molecular formula is C9H14N4. The van der Waals surface area contributed by atoms with Gasteiger partial charge in [0.2, 0.25) is 5.95 Å². The number of rotatable bonds is 4. The zero-order valence-corrected chi connectivity index (χ0v) is 7.70. The van der Waals surface area contributed by atoms with Crippen molar-refractivity contribution in [3.05, 3.63) is 24.9 Å². The highest BCUT2D eigenvalue weighted by Crippen LogP contribution is 2.04. The van der Waals surface area contributed by atoms with Crippen molar-refractivity contribution in [3.63, 3.8) is 0 Å². The minimum absolute atomic E-state index is 0.277. The summed E-state index contributed by atoms with van der Waals surface area (Å²) in [6.45, 7) is 5.69. The van der Waals surface area contributed by atoms with Gasteiger partial charge in [-0.3, -0.25) is 0 Å². The molecule has 0 spiro atoms. The monoisotopic (exact) mass is 178 g/mol. The molecule has 1 aromatic heterocycles. The number of nitrogens with zero attached hydrogens (tertiary/aromatic N) is 2. The van der Waals surface area contributed by atoms with E-state index in [1.807, 2.05) is 13.0 Å². The molecule has 1 rings (SSSR count). The van der Waals surface area contributed by atoms with Crippen LogP contribution in [0.1, 0.15) is 13.3 Å². The molecule has 0 aliphatic carbocycles. The van der Waals surface area contributed by atoms with Crippen molar-refractivity contribution in [1.29, 1.82) is 0 Å². The van der Waals surface area contributed by atoms with Gasteiger partial charge < -0.3 is 11.1 Å². The number of hydrogen-bond acceptors (Lipinski definition) is 4. The third kappa shape index (κ3) is 3.11. The van der Waals surface area contributed by atoms with Crippen LogP contribution < -0.4 is 11.1 Å². The molecule has 0 aliphatic heterocycles. The van der Waals surface area contributed by atoms with Crippen LogP contribution in [0.25, 0.3) is 0 Å². The number of nitrogens with one attached hydrogen (secondary N) is 1. The second kappa shape index (κ2) is 4.45. The predicted molar refractivity (Wildman–Crippen MR) is 54.3 cm³/mol. The second-order valence-electron chi connectivity index (χ2n) is 2.87. The highest BCUT2D eigenvalue weighted by atomic mass is 15.1. The van der Waals surface area contributed by atoms with Gasteiger partial charge in [-0.2, -0.15) is 4.98 Å². The second-order valence-corrected chi connectivity index (χ2v) is 2.87. The van der Waals surface area contributed by atoms with Gasteiger partial charge in [0.1, 0.15) is 5.82 Å². The third-order valence-corrected chi connectivity index (χ3v) is 1.57. The fourth-order valence-electron chi connectivity index (χ4n) is 0.972. The van der Waals surface area contributed by atoms with Crippen molar-refractivity contribution < 1.29 is 0 Å². The Morgan fingerprint density at radius 3 is 3.15 bits per heavy atom. The van der Waals surface area contributed by atoms with Crippen LogP contribution in [0.3, 0.4) is 0 Å². The summed E-state index contributed by atoms with van der Waals surface area (Å²) in [5.74, 6) is 1.04. The average Bonchev–Trinajstić information content (AvgIpc) is 2.04. The van der Waals surface area contributed by atoms with Crippen LogP contribution in [-0.2, 0) is 0 Å². The lowest BCUT2D eigenvalue weighted by Crippen LogP contribution is -2.16. The van der Waals surface area contributed by atoms with Crippen LogP contribution in [0.4, 0.5) is 11.8 Å². The van der Waals surface area contributed by atoms with Crippen molar-refractivity contribution in [2.45, 2.75) is 19.4 Å². The topological polar surface area (TPSA) is 63.8 Å². The van der Waals surface area contributed by atoms with E-state index in [9.17, 15) is 0 Å². The first-order valence-electron chi connectivity index (χ1n) is 4.18. The Balaban J connectivity index is 2.58. The molecular weight excluding hydrogens is 164 g/mol. The molecule has 0 fully saturated rings. The van der Waals surface area contributed by atoms with Gasteiger partial charge in [-0.05, 0) is 19.4 Å². The van der Waals surface area contributed by atoms with E-state index in [0.29, 0.717) is 11.8 Å². The average molecular weight is 178 g/mol. The summed E-state index contributed by atoms with van der Waals surface area (Å²) < 4.78 is 0. The van der Waals surface area contributed by atoms with Gasteiger partial charge in [0, 0.05) is 12.2 Å². The van der Waals surface area contributed by atoms with E-state index in [0.717, 1.165) is 6.42 Å². The molecule has 1 unspecified atom stereocenters. The Morgan fingerprint density at radius 2 is 2.54 bits per heavy atom. The Kier molecular flexibility index (Phi) is 3.25. The summed E-state index contributed by atoms with van der Waals surface area (Å²) in [5.41, 5.74) is 5.50. The lowest BCUT2D eigenvalue weighted by Gasteiger charge is -2.10. The zero-order chi connectivity index (χ0) is 9.68. The maximum Gasteiger partial charge on any atom is 0.224 e. The molecule has 70 valence electrons. The fraction of sp³-hybridized carbons (Fsp3) is 0.333. The quantitative estimate of drug-likeness (QED) is 0.685. The molecule has 1 atom stereocenters. The van der Waals surface area contributed by atoms with Crippen LogP contribution in [-0.4, -0.2) is 16.0 Å². The smallest absolute Gasteiger partial charge is 0.224 e. The molecule has 4 nitrogen and oxygen atoms in total. The molecule has 0 radical (unpaired) electrons. The third-order valence-electron chi connectivity index (χ3n) is 1.57. The summed E-state index contributed by atoms with van der Waals surface area (Å²) >= 11 is 0. The maximum absolute atomic E-state index is 5.50. The maximum atomic E-state index is 5.50. The number of nitrogens with two attached hydrogens (primary N) is 1. The number of nitrogen functional groups attached to an aromatic ring is 1. The number of anilines is 2. The summed E-state index contributed by atoms with van der Waals surface area (Å²) in [5, 5.41) is 3.11. The molecule has 0 saturated heterocycles. The Hall–Kier alpha value is -1.58. The number of aromatic nitrogens is 2. The molecule has 0 bridgehead atoms. The van der Waals surface area contributed by atoms with Crippen LogP contribution in [0.15, 0.2) is 24.9 Å². The lowest BCUT2D eigenvalue weighted by atomic mass is 10.2. The molecule has 1 aromatic rings. The first kappa shape index (κ1) is 9.51. The van der Waals surface area contributed by atoms with Gasteiger partial charge in [0.15, 0.2) is 0 Å². The van der Waals surface area contributed by atoms with Gasteiger partial charge in [0.25, 0.3) is 0 Å². The summed E-state index contributed by atoms with van der Waals surface area (Å²) in [6.07, 6.45) is 4.35. The van der Waals surface area contributed by atoms with Gasteiger partial charge in [-0.25, -0.2) is 4.98 Å². The van der Waals surface area contributed by atoms with Gasteiger partial charge >= 0.3 is 0 Å². The summed E-state index contributed by atoms with van der Waals surface area (Å²) in [4.78, 5) is 8.04. The van der Waals surface area contributed by atoms with E-state index in [1.54, 1.807) is 12.3 Å². The van der Waals surface area contributed by atoms with Gasteiger partial charge in [-0.15, -0.1) is 6.58 Å². The van der Waals surface area contributed by atoms with Crippen LogP contribution >= 0.6 is 0 Å². The van der Waals surface area contributed by atoms with Crippen molar-refractivity contribution in [3.8, 4) is 0 Å². The largest absolute Gasteiger partial charge is 0.384 e. The molecule has 0 aromatic carbocycles. The fourth-order valence-corrected chi connectivity index (χ4v) is 0.972. The molecule has 1 heterocycles. The predicted octanol–water partition coefficient (Wildman–Crippen LogP) is 1.44. The SMILES string of the molecule is C=CCC(C)Nc1nccc(N)n1. The Bertz CT molecular complexity index is 285. The van der Waals surface area contributed by atoms with Crippen molar-refractivity contribution >= 4 is 11.8 Å². The minimum Gasteiger partial charge on any atom is -0.384 e. The van der Waals surface area contributed by atoms with Crippen molar-refractivity contribution in [2.75, 3.05) is 11.1 Å². The molecule has 13 heavy (non-hydrogen) atoms. The van der Waals surface area contributed by atoms with Crippen LogP contribution in [0.5, 0.6) is 0 Å². The molecule has 4 heteroatoms. The molecule has 0 aliphatic rings. The molecule has 0 amide bonds. The van der Waals surface area contributed by atoms with E-state index >= 15 is 0 Å². The van der Waals surface area contributed by atoms with E-state index in [-0.39, 0.29) is 6.04 Å². The number of hydrogen-bond donors (Lipinski definition) is 2. The summed E-state index contributed by atoms with van der Waals surface area (Å²) in [6, 6.07) is 1.93. The minimum atomic E-state index is 0.277. The van der Waals surface area contributed by atoms with Crippen LogP contribution in [0.2, 0.25) is 0 Å². The van der Waals surface area contributed by atoms with Crippen molar-refractivity contribution in [1.82, 2.24) is 9.97 Å². The molecule has 0 saturated carbocycles. The standard InChI is InChI=1S/C9H14N4/c1-3-4-7(2)12-9-11-6-5-8(10)13-9/h3,5-7H,1,4H2,2H3,(H3,10,11,12,13). The van der Waals surface area contributed by atoms with E-state index in [1.165, 1.54) is 0 Å². The van der Waals surface area contributed by atoms with E-state index in [2.05, 4.69) is 21.9 Å². The Labute approximate surface area is 77.9 Å². The van der Waals surface area contributed by atoms with Crippen molar-refractivity contribution in [2.24, 2.45) is 0 Å². The summed E-state index contributed by atoms with van der Waals surface area (Å²) in [7, 11) is 0. The van der Waals surface area contributed by atoms with Gasteiger partial charge in [-0.1, -0.05) is 6.08 Å². The van der Waals surface area contributed by atoms with Crippen LogP contribution in [0, 0.1) is 0 Å². The van der Waals surface area contributed by atoms with E-state index < -0.39 is 0 Å². The lowest BCUT2D eigenvalue weighted by molar-refractivity contribution is 0.799.